The van der Waals surface area contributed by atoms with Crippen molar-refractivity contribution in [2.45, 2.75) is 6.92 Å². The van der Waals surface area contributed by atoms with Crippen LogP contribution in [-0.2, 0) is 0 Å². The third kappa shape index (κ3) is 3.03. The zero-order valence-corrected chi connectivity index (χ0v) is 11.3. The lowest BCUT2D eigenvalue weighted by molar-refractivity contribution is 0.103. The first kappa shape index (κ1) is 12.9. The molecule has 1 N–H and O–H groups in total. The Labute approximate surface area is 114 Å². The van der Waals surface area contributed by atoms with Crippen molar-refractivity contribution < 1.29 is 9.53 Å². The monoisotopic (exact) mass is 281 g/mol. The summed E-state index contributed by atoms with van der Waals surface area (Å²) in [5.74, 6) is 0.458. The van der Waals surface area contributed by atoms with Crippen molar-refractivity contribution in [1.29, 1.82) is 0 Å². The fraction of sp³-hybridized carbons (Fsp3) is 0.154. The predicted octanol–water partition coefficient (Wildman–Crippen LogP) is 4.05. The number of ether oxygens (including phenoxy) is 1. The van der Waals surface area contributed by atoms with E-state index in [0.717, 1.165) is 0 Å². The number of carbonyl (C=O) groups is 1. The molecule has 0 saturated heterocycles. The maximum atomic E-state index is 11.9. The number of hydrogen-bond donors (Lipinski definition) is 1. The van der Waals surface area contributed by atoms with Crippen LogP contribution in [0.1, 0.15) is 16.6 Å². The largest absolute Gasteiger partial charge is 0.492 e. The van der Waals surface area contributed by atoms with Gasteiger partial charge in [-0.2, -0.15) is 0 Å². The highest BCUT2D eigenvalue weighted by Crippen LogP contribution is 2.28. The second-order valence-electron chi connectivity index (χ2n) is 3.50. The minimum absolute atomic E-state index is 0.159. The Morgan fingerprint density at radius 1 is 1.44 bits per heavy atom. The molecule has 0 bridgehead atoms. The van der Waals surface area contributed by atoms with E-state index in [1.54, 1.807) is 24.3 Å². The summed E-state index contributed by atoms with van der Waals surface area (Å²) < 4.78 is 5.44. The van der Waals surface area contributed by atoms with E-state index in [1.165, 1.54) is 11.3 Å². The van der Waals surface area contributed by atoms with Gasteiger partial charge >= 0.3 is 0 Å². The normalized spacial score (nSPS) is 10.1. The molecule has 0 saturated carbocycles. The SMILES string of the molecule is CCOc1ccc(Cl)cc1NC(=O)c1cccs1. The van der Waals surface area contributed by atoms with Gasteiger partial charge in [-0.15, -0.1) is 11.3 Å². The number of hydrogen-bond acceptors (Lipinski definition) is 3. The number of carbonyl (C=O) groups excluding carboxylic acids is 1. The van der Waals surface area contributed by atoms with E-state index in [9.17, 15) is 4.79 Å². The van der Waals surface area contributed by atoms with Gasteiger partial charge in [-0.1, -0.05) is 17.7 Å². The predicted molar refractivity (Wildman–Crippen MR) is 74.9 cm³/mol. The van der Waals surface area contributed by atoms with Gasteiger partial charge in [0.1, 0.15) is 5.75 Å². The number of amides is 1. The number of halogens is 1. The summed E-state index contributed by atoms with van der Waals surface area (Å²) >= 11 is 7.31. The van der Waals surface area contributed by atoms with Crippen molar-refractivity contribution in [1.82, 2.24) is 0 Å². The second-order valence-corrected chi connectivity index (χ2v) is 4.89. The summed E-state index contributed by atoms with van der Waals surface area (Å²) in [6.07, 6.45) is 0. The third-order valence-corrected chi connectivity index (χ3v) is 3.34. The molecule has 1 aromatic heterocycles. The minimum atomic E-state index is -0.159. The molecule has 2 aromatic rings. The van der Waals surface area contributed by atoms with Crippen LogP contribution in [0.4, 0.5) is 5.69 Å². The van der Waals surface area contributed by atoms with E-state index >= 15 is 0 Å². The van der Waals surface area contributed by atoms with E-state index in [-0.39, 0.29) is 5.91 Å². The summed E-state index contributed by atoms with van der Waals surface area (Å²) in [7, 11) is 0. The molecule has 0 aliphatic heterocycles. The number of benzene rings is 1. The van der Waals surface area contributed by atoms with E-state index in [4.69, 9.17) is 16.3 Å². The van der Waals surface area contributed by atoms with Gasteiger partial charge in [0.2, 0.25) is 0 Å². The summed E-state index contributed by atoms with van der Waals surface area (Å²) in [4.78, 5) is 12.6. The van der Waals surface area contributed by atoms with Gasteiger partial charge in [0.15, 0.2) is 0 Å². The average Bonchev–Trinajstić information content (AvgIpc) is 2.86. The quantitative estimate of drug-likeness (QED) is 0.918. The topological polar surface area (TPSA) is 38.3 Å². The first-order valence-corrected chi connectivity index (χ1v) is 6.73. The molecule has 1 heterocycles. The zero-order valence-electron chi connectivity index (χ0n) is 9.77. The Morgan fingerprint density at radius 3 is 2.94 bits per heavy atom. The van der Waals surface area contributed by atoms with E-state index in [1.807, 2.05) is 18.4 Å². The van der Waals surface area contributed by atoms with Crippen molar-refractivity contribution >= 4 is 34.5 Å². The van der Waals surface area contributed by atoms with Crippen LogP contribution >= 0.6 is 22.9 Å². The number of thiophene rings is 1. The van der Waals surface area contributed by atoms with Crippen molar-refractivity contribution in [3.05, 3.63) is 45.6 Å². The number of nitrogens with one attached hydrogen (secondary N) is 1. The molecule has 0 spiro atoms. The zero-order chi connectivity index (χ0) is 13.0. The van der Waals surface area contributed by atoms with Crippen molar-refractivity contribution in [3.63, 3.8) is 0 Å². The minimum Gasteiger partial charge on any atom is -0.492 e. The number of anilines is 1. The molecule has 5 heteroatoms. The molecule has 0 radical (unpaired) electrons. The molecule has 94 valence electrons. The first-order valence-electron chi connectivity index (χ1n) is 5.48. The third-order valence-electron chi connectivity index (χ3n) is 2.23. The fourth-order valence-corrected chi connectivity index (χ4v) is 2.26. The highest BCUT2D eigenvalue weighted by atomic mass is 35.5. The van der Waals surface area contributed by atoms with Crippen molar-refractivity contribution in [2.24, 2.45) is 0 Å². The standard InChI is InChI=1S/C13H12ClNO2S/c1-2-17-11-6-5-9(14)8-10(11)15-13(16)12-4-3-7-18-12/h3-8H,2H2,1H3,(H,15,16). The summed E-state index contributed by atoms with van der Waals surface area (Å²) in [5, 5.41) is 5.21. The van der Waals surface area contributed by atoms with Crippen LogP contribution < -0.4 is 10.1 Å². The molecule has 0 aliphatic rings. The molecule has 0 fully saturated rings. The van der Waals surface area contributed by atoms with E-state index < -0.39 is 0 Å². The van der Waals surface area contributed by atoms with Gasteiger partial charge in [-0.25, -0.2) is 0 Å². The van der Waals surface area contributed by atoms with Gasteiger partial charge in [-0.3, -0.25) is 4.79 Å². The van der Waals surface area contributed by atoms with Gasteiger partial charge < -0.3 is 10.1 Å². The molecule has 0 atom stereocenters. The van der Waals surface area contributed by atoms with Crippen LogP contribution in [0.25, 0.3) is 0 Å². The highest BCUT2D eigenvalue weighted by molar-refractivity contribution is 7.12. The van der Waals surface area contributed by atoms with Gasteiger partial charge in [0.05, 0.1) is 17.2 Å². The average molecular weight is 282 g/mol. The van der Waals surface area contributed by atoms with Crippen molar-refractivity contribution in [3.8, 4) is 5.75 Å². The Bertz CT molecular complexity index is 540. The molecule has 18 heavy (non-hydrogen) atoms. The molecule has 2 rings (SSSR count). The van der Waals surface area contributed by atoms with E-state index in [0.29, 0.717) is 27.9 Å². The van der Waals surface area contributed by atoms with Crippen LogP contribution in [0.5, 0.6) is 5.75 Å². The lowest BCUT2D eigenvalue weighted by atomic mass is 10.3. The van der Waals surface area contributed by atoms with Crippen LogP contribution in [-0.4, -0.2) is 12.5 Å². The Kier molecular flexibility index (Phi) is 4.23. The lowest BCUT2D eigenvalue weighted by Crippen LogP contribution is -2.11. The molecule has 0 unspecified atom stereocenters. The summed E-state index contributed by atoms with van der Waals surface area (Å²) in [6, 6.07) is 8.76. The Morgan fingerprint density at radius 2 is 2.28 bits per heavy atom. The Hall–Kier alpha value is -1.52. The number of rotatable bonds is 4. The van der Waals surface area contributed by atoms with Gasteiger partial charge in [0, 0.05) is 5.02 Å². The second kappa shape index (κ2) is 5.89. The lowest BCUT2D eigenvalue weighted by Gasteiger charge is -2.11. The first-order chi connectivity index (χ1) is 8.70. The van der Waals surface area contributed by atoms with Crippen LogP contribution in [0, 0.1) is 0 Å². The fourth-order valence-electron chi connectivity index (χ4n) is 1.47. The van der Waals surface area contributed by atoms with Crippen LogP contribution in [0.15, 0.2) is 35.7 Å². The van der Waals surface area contributed by atoms with Crippen molar-refractivity contribution in [2.75, 3.05) is 11.9 Å². The summed E-state index contributed by atoms with van der Waals surface area (Å²) in [5.41, 5.74) is 0.586. The molecular formula is C13H12ClNO2S. The summed E-state index contributed by atoms with van der Waals surface area (Å²) in [6.45, 7) is 2.42. The molecule has 3 nitrogen and oxygen atoms in total. The maximum Gasteiger partial charge on any atom is 0.265 e. The van der Waals surface area contributed by atoms with Gasteiger partial charge in [-0.05, 0) is 36.6 Å². The smallest absolute Gasteiger partial charge is 0.265 e. The molecular weight excluding hydrogens is 270 g/mol. The Balaban J connectivity index is 2.22. The molecule has 1 aromatic carbocycles. The van der Waals surface area contributed by atoms with Crippen LogP contribution in [0.3, 0.4) is 0 Å². The molecule has 0 aliphatic carbocycles. The highest BCUT2D eigenvalue weighted by Gasteiger charge is 2.11. The maximum absolute atomic E-state index is 11.9. The van der Waals surface area contributed by atoms with Gasteiger partial charge in [0.25, 0.3) is 5.91 Å². The van der Waals surface area contributed by atoms with Crippen LogP contribution in [0.2, 0.25) is 5.02 Å². The van der Waals surface area contributed by atoms with E-state index in [2.05, 4.69) is 5.32 Å². The molecule has 1 amide bonds.